The Balaban J connectivity index is 1.70. The zero-order valence-electron chi connectivity index (χ0n) is 13.4. The number of fused-ring (bicyclic) bond motifs is 2. The molecule has 3 heterocycles. The number of nitrogens with one attached hydrogen (secondary N) is 1. The molecule has 0 saturated carbocycles. The lowest BCUT2D eigenvalue weighted by atomic mass is 9.98. The third kappa shape index (κ3) is 2.67. The van der Waals surface area contributed by atoms with Crippen LogP contribution in [0.1, 0.15) is 25.8 Å². The summed E-state index contributed by atoms with van der Waals surface area (Å²) in [7, 11) is 0. The van der Waals surface area contributed by atoms with E-state index in [1.807, 2.05) is 12.1 Å². The number of thiazole rings is 1. The Morgan fingerprint density at radius 1 is 1.17 bits per heavy atom. The Morgan fingerprint density at radius 2 is 2.00 bits per heavy atom. The maximum Gasteiger partial charge on any atom is 0.275 e. The van der Waals surface area contributed by atoms with E-state index in [1.165, 1.54) is 28.1 Å². The van der Waals surface area contributed by atoms with Gasteiger partial charge in [0, 0.05) is 23.4 Å². The van der Waals surface area contributed by atoms with Gasteiger partial charge in [0.25, 0.3) is 5.56 Å². The summed E-state index contributed by atoms with van der Waals surface area (Å²) in [6.45, 7) is 6.49. The Hall–Kier alpha value is -2.32. The fourth-order valence-electron chi connectivity index (χ4n) is 2.24. The van der Waals surface area contributed by atoms with E-state index in [1.54, 1.807) is 11.3 Å². The van der Waals surface area contributed by atoms with Crippen LogP contribution in [0.4, 0.5) is 10.8 Å². The van der Waals surface area contributed by atoms with Gasteiger partial charge in [-0.05, 0) is 18.2 Å². The molecule has 0 fully saturated rings. The fraction of sp³-hybridized carbons (Fsp3) is 0.250. The van der Waals surface area contributed by atoms with Crippen LogP contribution in [0, 0.1) is 0 Å². The molecule has 0 unspecified atom stereocenters. The van der Waals surface area contributed by atoms with E-state index >= 15 is 0 Å². The van der Waals surface area contributed by atoms with Crippen LogP contribution >= 0.6 is 22.7 Å². The van der Waals surface area contributed by atoms with Gasteiger partial charge >= 0.3 is 0 Å². The summed E-state index contributed by atoms with van der Waals surface area (Å²) >= 11 is 3.04. The SMILES string of the molecule is CC(C)(C)c1nc2ccc(Nc3nn4c(=O)ccnc4s3)cc2s1. The van der Waals surface area contributed by atoms with Gasteiger partial charge in [-0.25, -0.2) is 9.97 Å². The zero-order valence-corrected chi connectivity index (χ0v) is 15.0. The zero-order chi connectivity index (χ0) is 16.9. The molecular formula is C16H15N5OS2. The van der Waals surface area contributed by atoms with Crippen molar-refractivity contribution in [2.24, 2.45) is 0 Å². The molecule has 0 aliphatic rings. The molecule has 0 aliphatic carbocycles. The second kappa shape index (κ2) is 5.35. The van der Waals surface area contributed by atoms with Crippen LogP contribution in [-0.2, 0) is 5.41 Å². The van der Waals surface area contributed by atoms with Crippen molar-refractivity contribution in [1.29, 1.82) is 0 Å². The van der Waals surface area contributed by atoms with E-state index < -0.39 is 0 Å². The fourth-order valence-corrected chi connectivity index (χ4v) is 4.10. The molecule has 0 radical (unpaired) electrons. The highest BCUT2D eigenvalue weighted by molar-refractivity contribution is 7.20. The van der Waals surface area contributed by atoms with Crippen LogP contribution in [0.2, 0.25) is 0 Å². The number of aromatic nitrogens is 4. The molecule has 4 aromatic rings. The highest BCUT2D eigenvalue weighted by Gasteiger charge is 2.18. The summed E-state index contributed by atoms with van der Waals surface area (Å²) in [5.41, 5.74) is 1.77. The lowest BCUT2D eigenvalue weighted by Gasteiger charge is -2.13. The van der Waals surface area contributed by atoms with Crippen LogP contribution in [0.5, 0.6) is 0 Å². The summed E-state index contributed by atoms with van der Waals surface area (Å²) in [6, 6.07) is 7.43. The molecule has 0 atom stereocenters. The van der Waals surface area contributed by atoms with E-state index in [2.05, 4.69) is 42.2 Å². The average molecular weight is 357 g/mol. The van der Waals surface area contributed by atoms with Gasteiger partial charge in [0.15, 0.2) is 0 Å². The number of hydrogen-bond donors (Lipinski definition) is 1. The molecule has 0 amide bonds. The van der Waals surface area contributed by atoms with Crippen LogP contribution in [0.15, 0.2) is 35.3 Å². The molecule has 4 rings (SSSR count). The van der Waals surface area contributed by atoms with Crippen molar-refractivity contribution < 1.29 is 0 Å². The predicted molar refractivity (Wildman–Crippen MR) is 98.7 cm³/mol. The van der Waals surface area contributed by atoms with Crippen LogP contribution < -0.4 is 10.9 Å². The Bertz CT molecular complexity index is 1100. The van der Waals surface area contributed by atoms with Crippen molar-refractivity contribution in [3.8, 4) is 0 Å². The molecule has 0 saturated heterocycles. The molecule has 1 N–H and O–H groups in total. The lowest BCUT2D eigenvalue weighted by Crippen LogP contribution is -2.12. The van der Waals surface area contributed by atoms with Crippen LogP contribution in [-0.4, -0.2) is 19.6 Å². The van der Waals surface area contributed by atoms with E-state index in [9.17, 15) is 4.79 Å². The Kier molecular flexibility index (Phi) is 3.40. The first-order chi connectivity index (χ1) is 11.4. The maximum absolute atomic E-state index is 11.7. The molecule has 6 nitrogen and oxygen atoms in total. The van der Waals surface area contributed by atoms with E-state index in [-0.39, 0.29) is 11.0 Å². The molecule has 3 aromatic heterocycles. The largest absolute Gasteiger partial charge is 0.330 e. The van der Waals surface area contributed by atoms with E-state index in [0.717, 1.165) is 20.9 Å². The van der Waals surface area contributed by atoms with E-state index in [0.29, 0.717) is 10.1 Å². The highest BCUT2D eigenvalue weighted by Crippen LogP contribution is 2.33. The topological polar surface area (TPSA) is 72.2 Å². The summed E-state index contributed by atoms with van der Waals surface area (Å²) < 4.78 is 2.43. The number of benzene rings is 1. The average Bonchev–Trinajstić information content (AvgIpc) is 3.10. The van der Waals surface area contributed by atoms with Crippen molar-refractivity contribution >= 4 is 48.7 Å². The molecule has 8 heteroatoms. The maximum atomic E-state index is 11.7. The minimum absolute atomic E-state index is 0.0388. The summed E-state index contributed by atoms with van der Waals surface area (Å²) in [5, 5.41) is 9.26. The normalized spacial score (nSPS) is 12.1. The number of hydrogen-bond acceptors (Lipinski definition) is 7. The first kappa shape index (κ1) is 15.2. The minimum Gasteiger partial charge on any atom is -0.330 e. The van der Waals surface area contributed by atoms with Crippen LogP contribution in [0.3, 0.4) is 0 Å². The van der Waals surface area contributed by atoms with Gasteiger partial charge in [0.2, 0.25) is 10.1 Å². The molecular weight excluding hydrogens is 342 g/mol. The summed E-state index contributed by atoms with van der Waals surface area (Å²) in [6.07, 6.45) is 1.50. The van der Waals surface area contributed by atoms with Crippen molar-refractivity contribution in [1.82, 2.24) is 19.6 Å². The summed E-state index contributed by atoms with van der Waals surface area (Å²) in [4.78, 5) is 21.2. The minimum atomic E-state index is -0.183. The molecule has 1 aromatic carbocycles. The van der Waals surface area contributed by atoms with Gasteiger partial charge in [-0.1, -0.05) is 32.1 Å². The third-order valence-corrected chi connectivity index (χ3v) is 5.73. The predicted octanol–water partition coefficient (Wildman–Crippen LogP) is 3.80. The second-order valence-electron chi connectivity index (χ2n) is 6.46. The van der Waals surface area contributed by atoms with Crippen molar-refractivity contribution in [2.45, 2.75) is 26.2 Å². The molecule has 0 spiro atoms. The van der Waals surface area contributed by atoms with Gasteiger partial charge in [0.05, 0.1) is 15.2 Å². The monoisotopic (exact) mass is 357 g/mol. The van der Waals surface area contributed by atoms with Crippen molar-refractivity contribution in [3.63, 3.8) is 0 Å². The Morgan fingerprint density at radius 3 is 2.75 bits per heavy atom. The number of anilines is 2. The van der Waals surface area contributed by atoms with Crippen LogP contribution in [0.25, 0.3) is 15.2 Å². The van der Waals surface area contributed by atoms with E-state index in [4.69, 9.17) is 4.98 Å². The molecule has 0 bridgehead atoms. The van der Waals surface area contributed by atoms with Crippen molar-refractivity contribution in [2.75, 3.05) is 5.32 Å². The van der Waals surface area contributed by atoms with Gasteiger partial charge in [-0.3, -0.25) is 4.79 Å². The quantitative estimate of drug-likeness (QED) is 0.591. The van der Waals surface area contributed by atoms with Gasteiger partial charge < -0.3 is 5.32 Å². The summed E-state index contributed by atoms with van der Waals surface area (Å²) in [5.74, 6) is 0. The Labute approximate surface area is 145 Å². The first-order valence-electron chi connectivity index (χ1n) is 7.43. The second-order valence-corrected chi connectivity index (χ2v) is 8.45. The smallest absolute Gasteiger partial charge is 0.275 e. The molecule has 122 valence electrons. The van der Waals surface area contributed by atoms with Gasteiger partial charge in [-0.2, -0.15) is 4.52 Å². The standard InChI is InChI=1S/C16H15N5OS2/c1-16(2,3)13-19-10-5-4-9(8-11(10)23-13)18-14-20-21-12(22)6-7-17-15(21)24-14/h4-8H,1-3H3,(H,18,20). The van der Waals surface area contributed by atoms with Crippen molar-refractivity contribution in [3.05, 3.63) is 45.8 Å². The molecule has 24 heavy (non-hydrogen) atoms. The number of rotatable bonds is 2. The lowest BCUT2D eigenvalue weighted by molar-refractivity contribution is 0.587. The van der Waals surface area contributed by atoms with Gasteiger partial charge in [-0.15, -0.1) is 16.4 Å². The third-order valence-electron chi connectivity index (χ3n) is 3.45. The molecule has 0 aliphatic heterocycles. The highest BCUT2D eigenvalue weighted by atomic mass is 32.1. The first-order valence-corrected chi connectivity index (χ1v) is 9.06. The number of nitrogens with zero attached hydrogens (tertiary/aromatic N) is 4. The van der Waals surface area contributed by atoms with Gasteiger partial charge in [0.1, 0.15) is 0 Å².